The van der Waals surface area contributed by atoms with E-state index in [0.717, 1.165) is 37.6 Å². The fourth-order valence-corrected chi connectivity index (χ4v) is 4.70. The maximum absolute atomic E-state index is 12.4. The van der Waals surface area contributed by atoms with Gasteiger partial charge in [-0.05, 0) is 43.4 Å². The Bertz CT molecular complexity index is 426. The lowest BCUT2D eigenvalue weighted by molar-refractivity contribution is -0.127. The average molecular weight is 307 g/mol. The van der Waals surface area contributed by atoms with Gasteiger partial charge in [0.1, 0.15) is 0 Å². The SMILES string of the molecule is NC(=O)N1CC[C@H](CNC(=O)[C@@H]2CC[C@H]3CCCC[C@H]3C2)C1. The summed E-state index contributed by atoms with van der Waals surface area (Å²) >= 11 is 0. The highest BCUT2D eigenvalue weighted by molar-refractivity contribution is 5.78. The zero-order valence-corrected chi connectivity index (χ0v) is 13.4. The molecule has 22 heavy (non-hydrogen) atoms. The predicted octanol–water partition coefficient (Wildman–Crippen LogP) is 2.11. The number of primary amides is 1. The second-order valence-corrected chi connectivity index (χ2v) is 7.50. The van der Waals surface area contributed by atoms with Crippen molar-refractivity contribution in [3.63, 3.8) is 0 Å². The van der Waals surface area contributed by atoms with Gasteiger partial charge >= 0.3 is 6.03 Å². The molecule has 1 heterocycles. The van der Waals surface area contributed by atoms with Gasteiger partial charge in [-0.1, -0.05) is 25.7 Å². The molecule has 5 heteroatoms. The first-order chi connectivity index (χ1) is 10.6. The van der Waals surface area contributed by atoms with E-state index >= 15 is 0 Å². The van der Waals surface area contributed by atoms with Gasteiger partial charge in [0.05, 0.1) is 0 Å². The molecule has 0 unspecified atom stereocenters. The van der Waals surface area contributed by atoms with Crippen molar-refractivity contribution in [3.05, 3.63) is 0 Å². The van der Waals surface area contributed by atoms with Crippen molar-refractivity contribution in [2.24, 2.45) is 29.4 Å². The minimum Gasteiger partial charge on any atom is -0.356 e. The van der Waals surface area contributed by atoms with Gasteiger partial charge in [0, 0.05) is 25.6 Å². The number of nitrogens with one attached hydrogen (secondary N) is 1. The molecule has 0 aromatic heterocycles. The largest absolute Gasteiger partial charge is 0.356 e. The van der Waals surface area contributed by atoms with Crippen LogP contribution in [-0.4, -0.2) is 36.5 Å². The van der Waals surface area contributed by atoms with Crippen LogP contribution in [0.15, 0.2) is 0 Å². The van der Waals surface area contributed by atoms with Crippen molar-refractivity contribution in [2.45, 2.75) is 51.4 Å². The van der Waals surface area contributed by atoms with Gasteiger partial charge in [-0.3, -0.25) is 4.79 Å². The summed E-state index contributed by atoms with van der Waals surface area (Å²) in [6.45, 7) is 2.10. The average Bonchev–Trinajstić information content (AvgIpc) is 3.01. The lowest BCUT2D eigenvalue weighted by atomic mass is 9.67. The van der Waals surface area contributed by atoms with E-state index in [0.29, 0.717) is 19.0 Å². The van der Waals surface area contributed by atoms with Crippen molar-refractivity contribution in [1.29, 1.82) is 0 Å². The molecular formula is C17H29N3O2. The molecule has 3 fully saturated rings. The van der Waals surface area contributed by atoms with E-state index in [1.807, 2.05) is 0 Å². The molecule has 3 amide bonds. The number of rotatable bonds is 3. The van der Waals surface area contributed by atoms with Crippen LogP contribution in [0.2, 0.25) is 0 Å². The summed E-state index contributed by atoms with van der Waals surface area (Å²) in [6.07, 6.45) is 9.77. The number of amides is 3. The predicted molar refractivity (Wildman–Crippen MR) is 85.1 cm³/mol. The standard InChI is InChI=1S/C17H29N3O2/c18-17(22)20-8-7-12(11-20)10-19-16(21)15-6-5-13-3-1-2-4-14(13)9-15/h12-15H,1-11H2,(H2,18,22)(H,19,21)/t12-,13-,14+,15-/m1/s1. The summed E-state index contributed by atoms with van der Waals surface area (Å²) in [4.78, 5) is 25.2. The topological polar surface area (TPSA) is 75.4 Å². The molecule has 1 saturated heterocycles. The van der Waals surface area contributed by atoms with Gasteiger partial charge in [-0.25, -0.2) is 4.79 Å². The quantitative estimate of drug-likeness (QED) is 0.838. The lowest BCUT2D eigenvalue weighted by Crippen LogP contribution is -2.40. The van der Waals surface area contributed by atoms with Gasteiger partial charge in [0.15, 0.2) is 0 Å². The first-order valence-electron chi connectivity index (χ1n) is 8.95. The van der Waals surface area contributed by atoms with E-state index in [1.54, 1.807) is 4.90 Å². The number of nitrogens with two attached hydrogens (primary N) is 1. The molecular weight excluding hydrogens is 278 g/mol. The summed E-state index contributed by atoms with van der Waals surface area (Å²) in [6, 6.07) is -0.343. The Balaban J connectivity index is 1.42. The summed E-state index contributed by atoms with van der Waals surface area (Å²) < 4.78 is 0. The molecule has 0 aromatic rings. The fraction of sp³-hybridized carbons (Fsp3) is 0.882. The molecule has 3 rings (SSSR count). The van der Waals surface area contributed by atoms with Crippen LogP contribution < -0.4 is 11.1 Å². The van der Waals surface area contributed by atoms with Crippen LogP contribution >= 0.6 is 0 Å². The number of hydrogen-bond acceptors (Lipinski definition) is 2. The third-order valence-electron chi connectivity index (χ3n) is 6.07. The fourth-order valence-electron chi connectivity index (χ4n) is 4.70. The van der Waals surface area contributed by atoms with Crippen LogP contribution in [0, 0.1) is 23.7 Å². The molecule has 1 aliphatic heterocycles. The van der Waals surface area contributed by atoms with E-state index in [4.69, 9.17) is 5.73 Å². The normalized spacial score (nSPS) is 35.0. The van der Waals surface area contributed by atoms with Gasteiger partial charge in [-0.2, -0.15) is 0 Å². The molecule has 3 aliphatic rings. The van der Waals surface area contributed by atoms with Crippen molar-refractivity contribution in [1.82, 2.24) is 10.2 Å². The smallest absolute Gasteiger partial charge is 0.314 e. The van der Waals surface area contributed by atoms with E-state index in [2.05, 4.69) is 5.32 Å². The number of likely N-dealkylation sites (tertiary alicyclic amines) is 1. The van der Waals surface area contributed by atoms with Gasteiger partial charge in [0.25, 0.3) is 0 Å². The minimum atomic E-state index is -0.343. The number of nitrogens with zero attached hydrogens (tertiary/aromatic N) is 1. The number of hydrogen-bond donors (Lipinski definition) is 2. The van der Waals surface area contributed by atoms with E-state index in [1.165, 1.54) is 32.1 Å². The van der Waals surface area contributed by atoms with E-state index in [-0.39, 0.29) is 17.9 Å². The molecule has 124 valence electrons. The highest BCUT2D eigenvalue weighted by Crippen LogP contribution is 2.42. The molecule has 0 spiro atoms. The van der Waals surface area contributed by atoms with E-state index in [9.17, 15) is 9.59 Å². The van der Waals surface area contributed by atoms with Crippen molar-refractivity contribution < 1.29 is 9.59 Å². The van der Waals surface area contributed by atoms with Crippen LogP contribution in [0.1, 0.15) is 51.4 Å². The Morgan fingerprint density at radius 3 is 2.55 bits per heavy atom. The third kappa shape index (κ3) is 3.55. The number of carbonyl (C=O) groups excluding carboxylic acids is 2. The second kappa shape index (κ2) is 6.88. The van der Waals surface area contributed by atoms with E-state index < -0.39 is 0 Å². The van der Waals surface area contributed by atoms with Crippen LogP contribution in [0.5, 0.6) is 0 Å². The minimum absolute atomic E-state index is 0.216. The number of urea groups is 1. The van der Waals surface area contributed by atoms with Crippen LogP contribution in [0.4, 0.5) is 4.79 Å². The third-order valence-corrected chi connectivity index (χ3v) is 6.07. The van der Waals surface area contributed by atoms with Gasteiger partial charge < -0.3 is 16.0 Å². The molecule has 3 N–H and O–H groups in total. The maximum atomic E-state index is 12.4. The Kier molecular flexibility index (Phi) is 4.89. The highest BCUT2D eigenvalue weighted by Gasteiger charge is 2.35. The summed E-state index contributed by atoms with van der Waals surface area (Å²) in [7, 11) is 0. The Morgan fingerprint density at radius 2 is 1.82 bits per heavy atom. The first kappa shape index (κ1) is 15.6. The molecule has 5 nitrogen and oxygen atoms in total. The Morgan fingerprint density at radius 1 is 1.05 bits per heavy atom. The van der Waals surface area contributed by atoms with Gasteiger partial charge in [0.2, 0.25) is 5.91 Å². The van der Waals surface area contributed by atoms with Crippen LogP contribution in [0.25, 0.3) is 0 Å². The molecule has 0 radical (unpaired) electrons. The van der Waals surface area contributed by atoms with Crippen LogP contribution in [-0.2, 0) is 4.79 Å². The summed E-state index contributed by atoms with van der Waals surface area (Å²) in [5, 5.41) is 3.13. The maximum Gasteiger partial charge on any atom is 0.314 e. The molecule has 0 bridgehead atoms. The van der Waals surface area contributed by atoms with Crippen LogP contribution in [0.3, 0.4) is 0 Å². The zero-order chi connectivity index (χ0) is 15.5. The van der Waals surface area contributed by atoms with Crippen molar-refractivity contribution in [3.8, 4) is 0 Å². The van der Waals surface area contributed by atoms with Crippen molar-refractivity contribution in [2.75, 3.05) is 19.6 Å². The molecule has 2 saturated carbocycles. The van der Waals surface area contributed by atoms with Gasteiger partial charge in [-0.15, -0.1) is 0 Å². The first-order valence-corrected chi connectivity index (χ1v) is 8.95. The Labute approximate surface area is 133 Å². The highest BCUT2D eigenvalue weighted by atomic mass is 16.2. The summed E-state index contributed by atoms with van der Waals surface area (Å²) in [5.41, 5.74) is 5.29. The molecule has 0 aromatic carbocycles. The number of fused-ring (bicyclic) bond motifs is 1. The van der Waals surface area contributed by atoms with Crippen molar-refractivity contribution >= 4 is 11.9 Å². The zero-order valence-electron chi connectivity index (χ0n) is 13.4. The molecule has 2 aliphatic carbocycles. The molecule has 4 atom stereocenters. The lowest BCUT2D eigenvalue weighted by Gasteiger charge is -2.38. The second-order valence-electron chi connectivity index (χ2n) is 7.50. The number of carbonyl (C=O) groups is 2. The Hall–Kier alpha value is -1.26. The summed E-state index contributed by atoms with van der Waals surface area (Å²) in [5.74, 6) is 2.49. The monoisotopic (exact) mass is 307 g/mol.